The van der Waals surface area contributed by atoms with E-state index in [4.69, 9.17) is 0 Å². The Morgan fingerprint density at radius 1 is 1.37 bits per heavy atom. The molecule has 0 heterocycles. The van der Waals surface area contributed by atoms with Gasteiger partial charge in [0, 0.05) is 19.8 Å². The Balaban J connectivity index is 0.000000356. The van der Waals surface area contributed by atoms with E-state index in [1.54, 1.807) is 0 Å². The standard InChI is InChI=1S/C7H9N.C5H7BrN2O3/c1-8-7-5-3-2-4-6-7;1-7-4(2-6)5(3-9)8(10)11/h2-6,8H,1H3;3,7H,2H2,1H3/b;5-4+. The number of hydrogen-bond acceptors (Lipinski definition) is 5. The Morgan fingerprint density at radius 3 is 2.16 bits per heavy atom. The molecule has 0 aliphatic heterocycles. The molecule has 1 aromatic rings. The van der Waals surface area contributed by atoms with Gasteiger partial charge in [0.15, 0.2) is 0 Å². The molecule has 0 aliphatic rings. The Bertz CT molecular complexity index is 429. The average Bonchev–Trinajstić information content (AvgIpc) is 2.45. The van der Waals surface area contributed by atoms with Crippen molar-refractivity contribution in [2.24, 2.45) is 0 Å². The number of alkyl halides is 1. The lowest BCUT2D eigenvalue weighted by atomic mass is 10.3. The highest BCUT2D eigenvalue weighted by molar-refractivity contribution is 9.09. The van der Waals surface area contributed by atoms with Crippen LogP contribution in [0.15, 0.2) is 41.7 Å². The van der Waals surface area contributed by atoms with Crippen LogP contribution in [0.4, 0.5) is 5.69 Å². The van der Waals surface area contributed by atoms with Crippen LogP contribution in [0.25, 0.3) is 0 Å². The third-order valence-electron chi connectivity index (χ3n) is 2.12. The quantitative estimate of drug-likeness (QED) is 0.284. The summed E-state index contributed by atoms with van der Waals surface area (Å²) in [5, 5.41) is 16.0. The van der Waals surface area contributed by atoms with Crippen LogP contribution in [-0.4, -0.2) is 30.6 Å². The predicted molar refractivity (Wildman–Crippen MR) is 78.9 cm³/mol. The van der Waals surface area contributed by atoms with E-state index in [-0.39, 0.29) is 17.3 Å². The minimum absolute atomic E-state index is 0.215. The highest BCUT2D eigenvalue weighted by atomic mass is 79.9. The molecular formula is C12H16BrN3O3. The molecule has 0 atom stereocenters. The number of para-hydroxylation sites is 1. The highest BCUT2D eigenvalue weighted by Gasteiger charge is 2.14. The molecule has 0 saturated heterocycles. The fourth-order valence-corrected chi connectivity index (χ4v) is 1.66. The lowest BCUT2D eigenvalue weighted by Crippen LogP contribution is -2.15. The minimum Gasteiger partial charge on any atom is -0.388 e. The van der Waals surface area contributed by atoms with Gasteiger partial charge in [0.25, 0.3) is 0 Å². The Kier molecular flexibility index (Phi) is 9.07. The van der Waals surface area contributed by atoms with Crippen molar-refractivity contribution >= 4 is 27.9 Å². The first-order chi connectivity index (χ1) is 9.10. The number of nitrogens with one attached hydrogen (secondary N) is 2. The number of aldehydes is 1. The number of nitro groups is 1. The van der Waals surface area contributed by atoms with E-state index in [0.29, 0.717) is 0 Å². The summed E-state index contributed by atoms with van der Waals surface area (Å²) in [5.74, 6) is 0. The van der Waals surface area contributed by atoms with Crippen molar-refractivity contribution in [1.82, 2.24) is 5.32 Å². The summed E-state index contributed by atoms with van der Waals surface area (Å²) in [7, 11) is 3.43. The molecule has 0 saturated carbocycles. The van der Waals surface area contributed by atoms with Crippen LogP contribution in [0.2, 0.25) is 0 Å². The zero-order valence-electron chi connectivity index (χ0n) is 10.7. The zero-order chi connectivity index (χ0) is 14.7. The van der Waals surface area contributed by atoms with E-state index in [0.717, 1.165) is 5.69 Å². The monoisotopic (exact) mass is 329 g/mol. The third kappa shape index (κ3) is 6.56. The molecular weight excluding hydrogens is 314 g/mol. The maximum Gasteiger partial charge on any atom is 0.328 e. The molecule has 2 N–H and O–H groups in total. The summed E-state index contributed by atoms with van der Waals surface area (Å²) >= 11 is 3.00. The van der Waals surface area contributed by atoms with Gasteiger partial charge in [-0.3, -0.25) is 14.9 Å². The summed E-state index contributed by atoms with van der Waals surface area (Å²) in [4.78, 5) is 19.6. The van der Waals surface area contributed by atoms with E-state index in [1.807, 2.05) is 37.4 Å². The fourth-order valence-electron chi connectivity index (χ4n) is 1.09. The highest BCUT2D eigenvalue weighted by Crippen LogP contribution is 2.02. The van der Waals surface area contributed by atoms with Crippen molar-refractivity contribution in [3.05, 3.63) is 51.8 Å². The number of allylic oxidation sites excluding steroid dienone is 2. The smallest absolute Gasteiger partial charge is 0.328 e. The first-order valence-electron chi connectivity index (χ1n) is 5.39. The number of rotatable bonds is 5. The average molecular weight is 330 g/mol. The number of carbonyl (C=O) groups excluding carboxylic acids is 1. The van der Waals surface area contributed by atoms with Crippen LogP contribution in [0.3, 0.4) is 0 Å². The molecule has 0 radical (unpaired) electrons. The Morgan fingerprint density at radius 2 is 1.95 bits per heavy atom. The number of hydrogen-bond donors (Lipinski definition) is 2. The van der Waals surface area contributed by atoms with Crippen molar-refractivity contribution < 1.29 is 9.72 Å². The molecule has 0 aromatic heterocycles. The molecule has 6 nitrogen and oxygen atoms in total. The van der Waals surface area contributed by atoms with Crippen LogP contribution in [0.5, 0.6) is 0 Å². The lowest BCUT2D eigenvalue weighted by molar-refractivity contribution is -0.418. The molecule has 19 heavy (non-hydrogen) atoms. The van der Waals surface area contributed by atoms with Gasteiger partial charge in [0.1, 0.15) is 5.70 Å². The van der Waals surface area contributed by atoms with E-state index >= 15 is 0 Å². The normalized spacial score (nSPS) is 10.5. The van der Waals surface area contributed by atoms with Gasteiger partial charge in [-0.25, -0.2) is 0 Å². The van der Waals surface area contributed by atoms with Crippen molar-refractivity contribution in [2.45, 2.75) is 0 Å². The fraction of sp³-hybridized carbons (Fsp3) is 0.250. The van der Waals surface area contributed by atoms with Gasteiger partial charge in [-0.05, 0) is 12.1 Å². The van der Waals surface area contributed by atoms with Gasteiger partial charge in [-0.1, -0.05) is 34.1 Å². The summed E-state index contributed by atoms with van der Waals surface area (Å²) < 4.78 is 0. The maximum atomic E-state index is 10.1. The summed E-state index contributed by atoms with van der Waals surface area (Å²) in [6.07, 6.45) is 0.215. The second kappa shape index (κ2) is 10.1. The molecule has 1 rings (SSSR count). The van der Waals surface area contributed by atoms with Gasteiger partial charge >= 0.3 is 5.70 Å². The topological polar surface area (TPSA) is 84.3 Å². The van der Waals surface area contributed by atoms with E-state index in [2.05, 4.69) is 26.6 Å². The van der Waals surface area contributed by atoms with Crippen molar-refractivity contribution in [3.8, 4) is 0 Å². The third-order valence-corrected chi connectivity index (χ3v) is 2.68. The van der Waals surface area contributed by atoms with E-state index in [9.17, 15) is 14.9 Å². The van der Waals surface area contributed by atoms with Gasteiger partial charge in [-0.15, -0.1) is 0 Å². The van der Waals surface area contributed by atoms with E-state index < -0.39 is 10.6 Å². The number of anilines is 1. The maximum absolute atomic E-state index is 10.1. The molecule has 0 amide bonds. The largest absolute Gasteiger partial charge is 0.388 e. The minimum atomic E-state index is -0.722. The summed E-state index contributed by atoms with van der Waals surface area (Å²) in [6, 6.07) is 10.1. The van der Waals surface area contributed by atoms with Gasteiger partial charge < -0.3 is 10.6 Å². The number of nitrogens with zero attached hydrogens (tertiary/aromatic N) is 1. The Labute approximate surface area is 120 Å². The van der Waals surface area contributed by atoms with Crippen LogP contribution in [-0.2, 0) is 4.79 Å². The first kappa shape index (κ1) is 17.1. The molecule has 0 bridgehead atoms. The molecule has 0 unspecified atom stereocenters. The number of benzene rings is 1. The van der Waals surface area contributed by atoms with Gasteiger partial charge in [0.2, 0.25) is 6.29 Å². The molecule has 1 aromatic carbocycles. The second-order valence-corrected chi connectivity index (χ2v) is 3.80. The Hall–Kier alpha value is -1.89. The van der Waals surface area contributed by atoms with Crippen LogP contribution < -0.4 is 10.6 Å². The van der Waals surface area contributed by atoms with Gasteiger partial charge in [0.05, 0.1) is 10.3 Å². The molecule has 0 spiro atoms. The van der Waals surface area contributed by atoms with Crippen LogP contribution in [0.1, 0.15) is 0 Å². The SMILES string of the molecule is CN/C(CBr)=C(\C=O)[N+](=O)[O-].CNc1ccccc1. The summed E-state index contributed by atoms with van der Waals surface area (Å²) in [5.41, 5.74) is 0.988. The zero-order valence-corrected chi connectivity index (χ0v) is 12.3. The second-order valence-electron chi connectivity index (χ2n) is 3.24. The van der Waals surface area contributed by atoms with Crippen molar-refractivity contribution in [2.75, 3.05) is 24.7 Å². The first-order valence-corrected chi connectivity index (χ1v) is 6.52. The summed E-state index contributed by atoms with van der Waals surface area (Å²) in [6.45, 7) is 0. The molecule has 7 heteroatoms. The van der Waals surface area contributed by atoms with E-state index in [1.165, 1.54) is 7.05 Å². The number of carbonyl (C=O) groups is 1. The van der Waals surface area contributed by atoms with Crippen LogP contribution in [0, 0.1) is 10.1 Å². The molecule has 0 aliphatic carbocycles. The molecule has 104 valence electrons. The van der Waals surface area contributed by atoms with Crippen LogP contribution >= 0.6 is 15.9 Å². The van der Waals surface area contributed by atoms with Gasteiger partial charge in [-0.2, -0.15) is 0 Å². The van der Waals surface area contributed by atoms with Crippen molar-refractivity contribution in [3.63, 3.8) is 0 Å². The predicted octanol–water partition coefficient (Wildman–Crippen LogP) is 2.02. The van der Waals surface area contributed by atoms with Crippen molar-refractivity contribution in [1.29, 1.82) is 0 Å². The molecule has 0 fully saturated rings. The number of halogens is 1. The lowest BCUT2D eigenvalue weighted by Gasteiger charge is -1.99.